The van der Waals surface area contributed by atoms with E-state index < -0.39 is 0 Å². The second kappa shape index (κ2) is 7.11. The number of benzene rings is 1. The third-order valence-electron chi connectivity index (χ3n) is 4.42. The summed E-state index contributed by atoms with van der Waals surface area (Å²) in [5.41, 5.74) is 6.62. The molecule has 1 saturated carbocycles. The van der Waals surface area contributed by atoms with Crippen LogP contribution in [0, 0.1) is 0 Å². The molecule has 1 aromatic carbocycles. The minimum absolute atomic E-state index is 0.0680. The molecule has 1 saturated heterocycles. The van der Waals surface area contributed by atoms with Crippen LogP contribution in [0.15, 0.2) is 24.3 Å². The first-order valence-electron chi connectivity index (χ1n) is 8.12. The molecule has 0 unspecified atom stereocenters. The summed E-state index contributed by atoms with van der Waals surface area (Å²) in [7, 11) is 0. The number of nitrogens with zero attached hydrogens (tertiary/aromatic N) is 1. The highest BCUT2D eigenvalue weighted by atomic mass is 16.5. The Morgan fingerprint density at radius 1 is 1.09 bits per heavy atom. The van der Waals surface area contributed by atoms with Crippen molar-refractivity contribution in [2.24, 2.45) is 5.73 Å². The molecular formula is C17H24N2O3. The van der Waals surface area contributed by atoms with E-state index in [-0.39, 0.29) is 12.0 Å². The van der Waals surface area contributed by atoms with Crippen LogP contribution in [0.25, 0.3) is 0 Å². The average molecular weight is 304 g/mol. The van der Waals surface area contributed by atoms with E-state index >= 15 is 0 Å². The van der Waals surface area contributed by atoms with Gasteiger partial charge in [-0.3, -0.25) is 4.79 Å². The Balaban J connectivity index is 1.56. The number of hydrogen-bond donors (Lipinski definition) is 1. The van der Waals surface area contributed by atoms with E-state index in [0.717, 1.165) is 31.4 Å². The molecule has 5 heteroatoms. The van der Waals surface area contributed by atoms with Crippen LogP contribution in [0.1, 0.15) is 36.0 Å². The molecule has 1 aliphatic heterocycles. The SMILES string of the molecule is NC1CCC(Oc2ccc(C(=O)N3CCOCC3)cc2)CC1. The van der Waals surface area contributed by atoms with Gasteiger partial charge in [0.1, 0.15) is 5.75 Å². The zero-order valence-electron chi connectivity index (χ0n) is 12.9. The first-order valence-corrected chi connectivity index (χ1v) is 8.12. The Bertz CT molecular complexity index is 489. The molecule has 22 heavy (non-hydrogen) atoms. The van der Waals surface area contributed by atoms with Gasteiger partial charge in [-0.15, -0.1) is 0 Å². The molecule has 1 aromatic rings. The summed E-state index contributed by atoms with van der Waals surface area (Å²) < 4.78 is 11.3. The van der Waals surface area contributed by atoms with Crippen LogP contribution in [-0.4, -0.2) is 49.3 Å². The number of carbonyl (C=O) groups is 1. The first kappa shape index (κ1) is 15.3. The number of hydrogen-bond acceptors (Lipinski definition) is 4. The maximum absolute atomic E-state index is 12.4. The van der Waals surface area contributed by atoms with Crippen LogP contribution in [0.2, 0.25) is 0 Å². The molecule has 0 atom stereocenters. The second-order valence-corrected chi connectivity index (χ2v) is 6.08. The van der Waals surface area contributed by atoms with E-state index in [0.29, 0.717) is 37.9 Å². The van der Waals surface area contributed by atoms with Gasteiger partial charge in [-0.2, -0.15) is 0 Å². The summed E-state index contributed by atoms with van der Waals surface area (Å²) >= 11 is 0. The van der Waals surface area contributed by atoms with Gasteiger partial charge in [0.05, 0.1) is 19.3 Å². The third-order valence-corrected chi connectivity index (χ3v) is 4.42. The van der Waals surface area contributed by atoms with Crippen molar-refractivity contribution in [3.63, 3.8) is 0 Å². The number of nitrogens with two attached hydrogens (primary N) is 1. The fourth-order valence-electron chi connectivity index (χ4n) is 3.02. The number of ether oxygens (including phenoxy) is 2. The van der Waals surface area contributed by atoms with Gasteiger partial charge in [0.15, 0.2) is 0 Å². The lowest BCUT2D eigenvalue weighted by Crippen LogP contribution is -2.40. The van der Waals surface area contributed by atoms with E-state index in [9.17, 15) is 4.79 Å². The van der Waals surface area contributed by atoms with Gasteiger partial charge in [-0.05, 0) is 49.9 Å². The van der Waals surface area contributed by atoms with Crippen LogP contribution < -0.4 is 10.5 Å². The van der Waals surface area contributed by atoms with Crippen molar-refractivity contribution >= 4 is 5.91 Å². The van der Waals surface area contributed by atoms with Gasteiger partial charge < -0.3 is 20.1 Å². The van der Waals surface area contributed by atoms with Crippen molar-refractivity contribution in [1.82, 2.24) is 4.90 Å². The van der Waals surface area contributed by atoms with Crippen LogP contribution in [0.4, 0.5) is 0 Å². The molecule has 1 amide bonds. The Kier molecular flexibility index (Phi) is 4.95. The molecule has 3 rings (SSSR count). The van der Waals surface area contributed by atoms with Crippen LogP contribution >= 0.6 is 0 Å². The fraction of sp³-hybridized carbons (Fsp3) is 0.588. The Morgan fingerprint density at radius 2 is 1.73 bits per heavy atom. The molecule has 2 N–H and O–H groups in total. The highest BCUT2D eigenvalue weighted by Gasteiger charge is 2.21. The zero-order valence-corrected chi connectivity index (χ0v) is 12.9. The van der Waals surface area contributed by atoms with E-state index in [4.69, 9.17) is 15.2 Å². The normalized spacial score (nSPS) is 25.8. The van der Waals surface area contributed by atoms with Gasteiger partial charge in [-0.25, -0.2) is 0 Å². The molecule has 0 bridgehead atoms. The number of amides is 1. The van der Waals surface area contributed by atoms with Gasteiger partial charge >= 0.3 is 0 Å². The van der Waals surface area contributed by atoms with Crippen molar-refractivity contribution < 1.29 is 14.3 Å². The monoisotopic (exact) mass is 304 g/mol. The second-order valence-electron chi connectivity index (χ2n) is 6.08. The summed E-state index contributed by atoms with van der Waals surface area (Å²) in [5.74, 6) is 0.900. The Hall–Kier alpha value is -1.59. The molecule has 1 heterocycles. The summed E-state index contributed by atoms with van der Waals surface area (Å²) in [6.07, 6.45) is 4.32. The van der Waals surface area contributed by atoms with E-state index in [1.807, 2.05) is 29.2 Å². The molecule has 0 aromatic heterocycles. The lowest BCUT2D eigenvalue weighted by molar-refractivity contribution is 0.0303. The summed E-state index contributed by atoms with van der Waals surface area (Å²) in [4.78, 5) is 14.2. The fourth-order valence-corrected chi connectivity index (χ4v) is 3.02. The van der Waals surface area contributed by atoms with Crippen molar-refractivity contribution in [3.05, 3.63) is 29.8 Å². The molecule has 120 valence electrons. The first-order chi connectivity index (χ1) is 10.7. The van der Waals surface area contributed by atoms with Crippen molar-refractivity contribution in [3.8, 4) is 5.75 Å². The highest BCUT2D eigenvalue weighted by molar-refractivity contribution is 5.94. The smallest absolute Gasteiger partial charge is 0.254 e. The lowest BCUT2D eigenvalue weighted by atomic mass is 9.94. The topological polar surface area (TPSA) is 64.8 Å². The van der Waals surface area contributed by atoms with Crippen LogP contribution in [0.5, 0.6) is 5.75 Å². The molecule has 5 nitrogen and oxygen atoms in total. The molecule has 0 radical (unpaired) electrons. The van der Waals surface area contributed by atoms with Gasteiger partial charge in [0, 0.05) is 24.7 Å². The summed E-state index contributed by atoms with van der Waals surface area (Å²) in [5, 5.41) is 0. The van der Waals surface area contributed by atoms with Gasteiger partial charge in [0.25, 0.3) is 5.91 Å². The van der Waals surface area contributed by atoms with E-state index in [1.54, 1.807) is 0 Å². The minimum Gasteiger partial charge on any atom is -0.490 e. The Labute approximate surface area is 131 Å². The van der Waals surface area contributed by atoms with Crippen LogP contribution in [-0.2, 0) is 4.74 Å². The van der Waals surface area contributed by atoms with Crippen LogP contribution in [0.3, 0.4) is 0 Å². The van der Waals surface area contributed by atoms with Gasteiger partial charge in [0.2, 0.25) is 0 Å². The lowest BCUT2D eigenvalue weighted by Gasteiger charge is -2.27. The molecular weight excluding hydrogens is 280 g/mol. The molecule has 0 spiro atoms. The summed E-state index contributed by atoms with van der Waals surface area (Å²) in [6.45, 7) is 2.58. The number of carbonyl (C=O) groups excluding carboxylic acids is 1. The Morgan fingerprint density at radius 3 is 2.36 bits per heavy atom. The van der Waals surface area contributed by atoms with Crippen molar-refractivity contribution in [1.29, 1.82) is 0 Å². The average Bonchev–Trinajstić information content (AvgIpc) is 2.58. The zero-order chi connectivity index (χ0) is 15.4. The quantitative estimate of drug-likeness (QED) is 0.925. The highest BCUT2D eigenvalue weighted by Crippen LogP contribution is 2.23. The molecule has 2 aliphatic rings. The predicted octanol–water partition coefficient (Wildman–Crippen LogP) is 1.81. The number of morpholine rings is 1. The minimum atomic E-state index is 0.0680. The molecule has 1 aliphatic carbocycles. The summed E-state index contributed by atoms with van der Waals surface area (Å²) in [6, 6.07) is 7.81. The van der Waals surface area contributed by atoms with E-state index in [2.05, 4.69) is 0 Å². The van der Waals surface area contributed by atoms with E-state index in [1.165, 1.54) is 0 Å². The number of rotatable bonds is 3. The van der Waals surface area contributed by atoms with Crippen molar-refractivity contribution in [2.75, 3.05) is 26.3 Å². The third kappa shape index (κ3) is 3.78. The maximum atomic E-state index is 12.4. The standard InChI is InChI=1S/C17H24N2O3/c18-14-3-7-16(8-4-14)22-15-5-1-13(2-6-15)17(20)19-9-11-21-12-10-19/h1-2,5-6,14,16H,3-4,7-12,18H2. The largest absolute Gasteiger partial charge is 0.490 e. The maximum Gasteiger partial charge on any atom is 0.254 e. The van der Waals surface area contributed by atoms with Crippen molar-refractivity contribution in [2.45, 2.75) is 37.8 Å². The van der Waals surface area contributed by atoms with Gasteiger partial charge in [-0.1, -0.05) is 0 Å². The predicted molar refractivity (Wildman–Crippen MR) is 84.0 cm³/mol. The molecule has 2 fully saturated rings.